The zero-order valence-corrected chi connectivity index (χ0v) is 9.66. The summed E-state index contributed by atoms with van der Waals surface area (Å²) in [6.45, 7) is 0. The Labute approximate surface area is 100 Å². The number of aromatic nitrogens is 3. The molecular weight excluding hydrogens is 210 g/mol. The number of fused-ring (bicyclic) bond motifs is 1. The monoisotopic (exact) mass is 225 g/mol. The predicted octanol–water partition coefficient (Wildman–Crippen LogP) is 2.92. The van der Waals surface area contributed by atoms with E-state index in [1.165, 1.54) is 19.3 Å². The Hall–Kier alpha value is -1.64. The number of benzene rings is 1. The standard InChI is InChI=1S/C14H15N3/c1-2-4-10(5-3-1)13-9-17(16-15-13)14-8-11-6-7-12(11)14/h1-5,9,11-12,14H,6-8H2. The fourth-order valence-corrected chi connectivity index (χ4v) is 3.17. The third-order valence-electron chi connectivity index (χ3n) is 4.43. The van der Waals surface area contributed by atoms with E-state index in [4.69, 9.17) is 0 Å². The first-order valence-corrected chi connectivity index (χ1v) is 6.39. The molecule has 2 aromatic rings. The van der Waals surface area contributed by atoms with Crippen molar-refractivity contribution in [2.75, 3.05) is 0 Å². The molecule has 2 fully saturated rings. The lowest BCUT2D eigenvalue weighted by atomic mass is 9.56. The fraction of sp³-hybridized carbons (Fsp3) is 0.429. The molecular formula is C14H15N3. The summed E-state index contributed by atoms with van der Waals surface area (Å²) in [5.41, 5.74) is 2.15. The minimum Gasteiger partial charge on any atom is -0.249 e. The van der Waals surface area contributed by atoms with Crippen LogP contribution in [0, 0.1) is 11.8 Å². The van der Waals surface area contributed by atoms with E-state index in [0.29, 0.717) is 6.04 Å². The molecule has 3 atom stereocenters. The average molecular weight is 225 g/mol. The van der Waals surface area contributed by atoms with Gasteiger partial charge in [-0.15, -0.1) is 5.10 Å². The van der Waals surface area contributed by atoms with E-state index in [9.17, 15) is 0 Å². The van der Waals surface area contributed by atoms with Crippen LogP contribution in [0.1, 0.15) is 25.3 Å². The van der Waals surface area contributed by atoms with Crippen molar-refractivity contribution in [1.82, 2.24) is 15.0 Å². The summed E-state index contributed by atoms with van der Waals surface area (Å²) in [6, 6.07) is 10.9. The van der Waals surface area contributed by atoms with Gasteiger partial charge in [-0.05, 0) is 31.1 Å². The molecule has 4 rings (SSSR count). The quantitative estimate of drug-likeness (QED) is 0.786. The Morgan fingerprint density at radius 2 is 2.00 bits per heavy atom. The smallest absolute Gasteiger partial charge is 0.113 e. The van der Waals surface area contributed by atoms with E-state index < -0.39 is 0 Å². The lowest BCUT2D eigenvalue weighted by molar-refractivity contribution is -0.0225. The Balaban J connectivity index is 1.61. The van der Waals surface area contributed by atoms with Crippen molar-refractivity contribution in [3.63, 3.8) is 0 Å². The van der Waals surface area contributed by atoms with Gasteiger partial charge in [-0.25, -0.2) is 4.68 Å². The van der Waals surface area contributed by atoms with Crippen LogP contribution in [-0.2, 0) is 0 Å². The first kappa shape index (κ1) is 9.40. The Bertz CT molecular complexity index is 531. The SMILES string of the molecule is c1ccc(-c2cn(C3CC4CCC43)nn2)cc1. The molecule has 3 nitrogen and oxygen atoms in total. The molecule has 1 heterocycles. The first-order valence-electron chi connectivity index (χ1n) is 6.39. The molecule has 0 amide bonds. The molecule has 1 aromatic heterocycles. The lowest BCUT2D eigenvalue weighted by Gasteiger charge is -2.52. The van der Waals surface area contributed by atoms with Gasteiger partial charge in [-0.2, -0.15) is 0 Å². The van der Waals surface area contributed by atoms with Crippen molar-refractivity contribution >= 4 is 0 Å². The van der Waals surface area contributed by atoms with Crippen molar-refractivity contribution < 1.29 is 0 Å². The highest BCUT2D eigenvalue weighted by Crippen LogP contribution is 2.56. The van der Waals surface area contributed by atoms with Gasteiger partial charge in [0.2, 0.25) is 0 Å². The molecule has 2 aliphatic carbocycles. The third kappa shape index (κ3) is 1.35. The van der Waals surface area contributed by atoms with Crippen LogP contribution in [0.4, 0.5) is 0 Å². The van der Waals surface area contributed by atoms with E-state index in [-0.39, 0.29) is 0 Å². The summed E-state index contributed by atoms with van der Waals surface area (Å²) < 4.78 is 2.09. The second-order valence-electron chi connectivity index (χ2n) is 5.25. The van der Waals surface area contributed by atoms with E-state index in [1.807, 2.05) is 18.2 Å². The first-order chi connectivity index (χ1) is 8.42. The van der Waals surface area contributed by atoms with Crippen molar-refractivity contribution in [2.45, 2.75) is 25.3 Å². The lowest BCUT2D eigenvalue weighted by Crippen LogP contribution is -2.45. The van der Waals surface area contributed by atoms with Crippen molar-refractivity contribution in [2.24, 2.45) is 11.8 Å². The number of nitrogens with zero attached hydrogens (tertiary/aromatic N) is 3. The highest BCUT2D eigenvalue weighted by Gasteiger charge is 2.48. The summed E-state index contributed by atoms with van der Waals surface area (Å²) in [7, 11) is 0. The highest BCUT2D eigenvalue weighted by molar-refractivity contribution is 5.57. The van der Waals surface area contributed by atoms with E-state index >= 15 is 0 Å². The molecule has 3 heteroatoms. The minimum absolute atomic E-state index is 0.624. The molecule has 2 saturated carbocycles. The van der Waals surface area contributed by atoms with Gasteiger partial charge < -0.3 is 0 Å². The number of hydrogen-bond donors (Lipinski definition) is 0. The van der Waals surface area contributed by atoms with Gasteiger partial charge in [0, 0.05) is 5.56 Å². The summed E-state index contributed by atoms with van der Waals surface area (Å²) in [5.74, 6) is 1.88. The summed E-state index contributed by atoms with van der Waals surface area (Å²) in [6.07, 6.45) is 6.23. The van der Waals surface area contributed by atoms with E-state index in [1.54, 1.807) is 0 Å². The number of hydrogen-bond acceptors (Lipinski definition) is 2. The van der Waals surface area contributed by atoms with Crippen molar-refractivity contribution in [3.8, 4) is 11.3 Å². The molecule has 3 unspecified atom stereocenters. The molecule has 0 spiro atoms. The number of rotatable bonds is 2. The van der Waals surface area contributed by atoms with Crippen molar-refractivity contribution in [1.29, 1.82) is 0 Å². The highest BCUT2D eigenvalue weighted by atomic mass is 15.4. The second kappa shape index (κ2) is 3.42. The van der Waals surface area contributed by atoms with Crippen molar-refractivity contribution in [3.05, 3.63) is 36.5 Å². The largest absolute Gasteiger partial charge is 0.249 e. The van der Waals surface area contributed by atoms with Gasteiger partial charge in [0.05, 0.1) is 12.2 Å². The zero-order valence-electron chi connectivity index (χ0n) is 9.66. The maximum absolute atomic E-state index is 4.30. The second-order valence-corrected chi connectivity index (χ2v) is 5.25. The van der Waals surface area contributed by atoms with Crippen LogP contribution in [0.3, 0.4) is 0 Å². The predicted molar refractivity (Wildman–Crippen MR) is 65.3 cm³/mol. The topological polar surface area (TPSA) is 30.7 Å². The maximum atomic E-state index is 4.30. The molecule has 0 N–H and O–H groups in total. The zero-order chi connectivity index (χ0) is 11.2. The fourth-order valence-electron chi connectivity index (χ4n) is 3.17. The van der Waals surface area contributed by atoms with Crippen LogP contribution in [0.5, 0.6) is 0 Å². The van der Waals surface area contributed by atoms with Crippen LogP contribution < -0.4 is 0 Å². The average Bonchev–Trinajstić information content (AvgIpc) is 2.83. The Morgan fingerprint density at radius 1 is 1.12 bits per heavy atom. The molecule has 86 valence electrons. The molecule has 0 radical (unpaired) electrons. The van der Waals surface area contributed by atoms with E-state index in [0.717, 1.165) is 23.1 Å². The third-order valence-corrected chi connectivity index (χ3v) is 4.43. The van der Waals surface area contributed by atoms with Gasteiger partial charge in [0.1, 0.15) is 5.69 Å². The van der Waals surface area contributed by atoms with Crippen LogP contribution in [-0.4, -0.2) is 15.0 Å². The molecule has 0 saturated heterocycles. The van der Waals surface area contributed by atoms with Gasteiger partial charge in [-0.1, -0.05) is 35.5 Å². The van der Waals surface area contributed by atoms with Gasteiger partial charge in [0.25, 0.3) is 0 Å². The summed E-state index contributed by atoms with van der Waals surface area (Å²) in [5, 5.41) is 8.59. The summed E-state index contributed by atoms with van der Waals surface area (Å²) >= 11 is 0. The molecule has 0 aliphatic heterocycles. The normalized spacial score (nSPS) is 30.2. The van der Waals surface area contributed by atoms with Gasteiger partial charge in [0.15, 0.2) is 0 Å². The Kier molecular flexibility index (Phi) is 1.89. The van der Waals surface area contributed by atoms with E-state index in [2.05, 4.69) is 33.3 Å². The molecule has 17 heavy (non-hydrogen) atoms. The molecule has 2 aliphatic rings. The maximum Gasteiger partial charge on any atom is 0.113 e. The Morgan fingerprint density at radius 3 is 2.65 bits per heavy atom. The van der Waals surface area contributed by atoms with Gasteiger partial charge >= 0.3 is 0 Å². The molecule has 0 bridgehead atoms. The van der Waals surface area contributed by atoms with Crippen LogP contribution in [0.2, 0.25) is 0 Å². The summed E-state index contributed by atoms with van der Waals surface area (Å²) in [4.78, 5) is 0. The minimum atomic E-state index is 0.624. The van der Waals surface area contributed by atoms with Crippen LogP contribution in [0.15, 0.2) is 36.5 Å². The van der Waals surface area contributed by atoms with Crippen LogP contribution in [0.25, 0.3) is 11.3 Å². The van der Waals surface area contributed by atoms with Gasteiger partial charge in [-0.3, -0.25) is 0 Å². The van der Waals surface area contributed by atoms with Crippen LogP contribution >= 0.6 is 0 Å². The molecule has 1 aromatic carbocycles.